The van der Waals surface area contributed by atoms with Gasteiger partial charge >= 0.3 is 0 Å². The van der Waals surface area contributed by atoms with E-state index < -0.39 is 0 Å². The number of hydrogen-bond acceptors (Lipinski definition) is 1. The molecule has 0 radical (unpaired) electrons. The summed E-state index contributed by atoms with van der Waals surface area (Å²) in [7, 11) is 0. The van der Waals surface area contributed by atoms with Crippen LogP contribution in [0.15, 0.2) is 35.3 Å². The molecule has 0 saturated carbocycles. The Morgan fingerprint density at radius 2 is 2.33 bits per heavy atom. The van der Waals surface area contributed by atoms with Crippen LogP contribution in [0.5, 0.6) is 0 Å². The van der Waals surface area contributed by atoms with Crippen LogP contribution >= 0.6 is 15.9 Å². The average Bonchev–Trinajstić information content (AvgIpc) is 2.19. The van der Waals surface area contributed by atoms with Crippen molar-refractivity contribution in [2.24, 2.45) is 0 Å². The van der Waals surface area contributed by atoms with Gasteiger partial charge in [-0.05, 0) is 40.5 Å². The molecule has 0 unspecified atom stereocenters. The highest BCUT2D eigenvalue weighted by Crippen LogP contribution is 2.23. The van der Waals surface area contributed by atoms with E-state index in [-0.39, 0.29) is 11.7 Å². The maximum atomic E-state index is 12.7. The van der Waals surface area contributed by atoms with Gasteiger partial charge in [-0.2, -0.15) is 0 Å². The third-order valence-electron chi connectivity index (χ3n) is 1.78. The molecule has 0 aliphatic carbocycles. The number of benzene rings is 1. The molecule has 80 valence electrons. The molecule has 15 heavy (non-hydrogen) atoms. The van der Waals surface area contributed by atoms with E-state index in [1.807, 2.05) is 0 Å². The van der Waals surface area contributed by atoms with Gasteiger partial charge in [0, 0.05) is 10.9 Å². The van der Waals surface area contributed by atoms with E-state index in [4.69, 9.17) is 0 Å². The van der Waals surface area contributed by atoms with E-state index in [0.29, 0.717) is 23.0 Å². The molecule has 2 nitrogen and oxygen atoms in total. The standard InChI is InChI=1S/C11H11BrFNO/c1-2-3-4-11(15)14-10-6-5-8(13)7-9(10)12/h2,5-7H,1,3-4H2,(H,14,15). The molecule has 0 aliphatic heterocycles. The third-order valence-corrected chi connectivity index (χ3v) is 2.44. The lowest BCUT2D eigenvalue weighted by molar-refractivity contribution is -0.116. The summed E-state index contributed by atoms with van der Waals surface area (Å²) >= 11 is 3.17. The lowest BCUT2D eigenvalue weighted by Gasteiger charge is -2.06. The van der Waals surface area contributed by atoms with Gasteiger partial charge in [-0.1, -0.05) is 6.08 Å². The van der Waals surface area contributed by atoms with E-state index in [2.05, 4.69) is 27.8 Å². The van der Waals surface area contributed by atoms with Gasteiger partial charge in [0.25, 0.3) is 0 Å². The summed E-state index contributed by atoms with van der Waals surface area (Å²) in [5.74, 6) is -0.451. The van der Waals surface area contributed by atoms with Crippen molar-refractivity contribution in [3.63, 3.8) is 0 Å². The van der Waals surface area contributed by atoms with Crippen LogP contribution in [-0.4, -0.2) is 5.91 Å². The zero-order valence-corrected chi connectivity index (χ0v) is 9.68. The predicted octanol–water partition coefficient (Wildman–Crippen LogP) is 3.49. The minimum Gasteiger partial charge on any atom is -0.325 e. The highest BCUT2D eigenvalue weighted by atomic mass is 79.9. The molecule has 0 bridgehead atoms. The van der Waals surface area contributed by atoms with Crippen LogP contribution in [0.25, 0.3) is 0 Å². The van der Waals surface area contributed by atoms with E-state index >= 15 is 0 Å². The number of allylic oxidation sites excluding steroid dienone is 1. The quantitative estimate of drug-likeness (QED) is 0.835. The van der Waals surface area contributed by atoms with E-state index in [0.717, 1.165) is 0 Å². The van der Waals surface area contributed by atoms with E-state index in [1.54, 1.807) is 6.08 Å². The Morgan fingerprint density at radius 3 is 2.93 bits per heavy atom. The summed E-state index contributed by atoms with van der Waals surface area (Å²) in [6, 6.07) is 4.13. The first kappa shape index (κ1) is 11.9. The highest BCUT2D eigenvalue weighted by Gasteiger charge is 2.05. The molecule has 4 heteroatoms. The first-order valence-corrected chi connectivity index (χ1v) is 5.28. The van der Waals surface area contributed by atoms with Crippen molar-refractivity contribution in [2.45, 2.75) is 12.8 Å². The molecular formula is C11H11BrFNO. The molecule has 0 spiro atoms. The number of nitrogens with one attached hydrogen (secondary N) is 1. The van der Waals surface area contributed by atoms with Crippen LogP contribution in [0.3, 0.4) is 0 Å². The summed E-state index contributed by atoms with van der Waals surface area (Å²) in [5.41, 5.74) is 0.575. The maximum Gasteiger partial charge on any atom is 0.224 e. The van der Waals surface area contributed by atoms with Crippen molar-refractivity contribution in [3.05, 3.63) is 41.1 Å². The van der Waals surface area contributed by atoms with Crippen molar-refractivity contribution in [1.29, 1.82) is 0 Å². The average molecular weight is 272 g/mol. The van der Waals surface area contributed by atoms with Crippen LogP contribution in [0, 0.1) is 5.82 Å². The fourth-order valence-corrected chi connectivity index (χ4v) is 1.49. The smallest absolute Gasteiger partial charge is 0.224 e. The molecule has 0 fully saturated rings. The molecular weight excluding hydrogens is 261 g/mol. The fraction of sp³-hybridized carbons (Fsp3) is 0.182. The summed E-state index contributed by atoms with van der Waals surface area (Å²) in [5, 5.41) is 2.67. The fourth-order valence-electron chi connectivity index (χ4n) is 1.04. The zero-order chi connectivity index (χ0) is 11.3. The minimum absolute atomic E-state index is 0.109. The Bertz CT molecular complexity index is 379. The van der Waals surface area contributed by atoms with Crippen LogP contribution in [-0.2, 0) is 4.79 Å². The first-order chi connectivity index (χ1) is 7.13. The van der Waals surface area contributed by atoms with Gasteiger partial charge in [0.2, 0.25) is 5.91 Å². The zero-order valence-electron chi connectivity index (χ0n) is 8.09. The maximum absolute atomic E-state index is 12.7. The van der Waals surface area contributed by atoms with E-state index in [1.165, 1.54) is 18.2 Å². The third kappa shape index (κ3) is 3.83. The second-order valence-electron chi connectivity index (χ2n) is 3.00. The molecule has 1 amide bonds. The molecule has 1 rings (SSSR count). The molecule has 1 aromatic carbocycles. The molecule has 0 saturated heterocycles. The van der Waals surface area contributed by atoms with Gasteiger partial charge in [0.1, 0.15) is 5.82 Å². The summed E-state index contributed by atoms with van der Waals surface area (Å²) < 4.78 is 13.3. The van der Waals surface area contributed by atoms with Crippen molar-refractivity contribution in [1.82, 2.24) is 0 Å². The van der Waals surface area contributed by atoms with Gasteiger partial charge < -0.3 is 5.32 Å². The Labute approximate surface area is 96.3 Å². The normalized spacial score (nSPS) is 9.73. The second-order valence-corrected chi connectivity index (χ2v) is 3.85. The summed E-state index contributed by atoms with van der Waals surface area (Å²) in [6.45, 7) is 3.53. The van der Waals surface area contributed by atoms with Crippen LogP contribution in [0.4, 0.5) is 10.1 Å². The van der Waals surface area contributed by atoms with Gasteiger partial charge in [0.15, 0.2) is 0 Å². The van der Waals surface area contributed by atoms with Gasteiger partial charge in [-0.15, -0.1) is 6.58 Å². The highest BCUT2D eigenvalue weighted by molar-refractivity contribution is 9.10. The largest absolute Gasteiger partial charge is 0.325 e. The molecule has 0 aliphatic rings. The number of amides is 1. The van der Waals surface area contributed by atoms with Crippen molar-refractivity contribution in [3.8, 4) is 0 Å². The predicted molar refractivity (Wildman–Crippen MR) is 62.2 cm³/mol. The van der Waals surface area contributed by atoms with Crippen LogP contribution in [0.2, 0.25) is 0 Å². The molecule has 0 atom stereocenters. The summed E-state index contributed by atoms with van der Waals surface area (Å²) in [6.07, 6.45) is 2.69. The molecule has 0 aromatic heterocycles. The number of carbonyl (C=O) groups is 1. The Hall–Kier alpha value is -1.16. The second kappa shape index (κ2) is 5.66. The lowest BCUT2D eigenvalue weighted by Crippen LogP contribution is -2.11. The Balaban J connectivity index is 2.64. The first-order valence-electron chi connectivity index (χ1n) is 4.49. The van der Waals surface area contributed by atoms with Crippen molar-refractivity contribution in [2.75, 3.05) is 5.32 Å². The van der Waals surface area contributed by atoms with Gasteiger partial charge in [0.05, 0.1) is 5.69 Å². The van der Waals surface area contributed by atoms with Crippen molar-refractivity contribution >= 4 is 27.5 Å². The van der Waals surface area contributed by atoms with Crippen molar-refractivity contribution < 1.29 is 9.18 Å². The minimum atomic E-state index is -0.342. The number of rotatable bonds is 4. The number of hydrogen-bond donors (Lipinski definition) is 1. The summed E-state index contributed by atoms with van der Waals surface area (Å²) in [4.78, 5) is 11.3. The monoisotopic (exact) mass is 271 g/mol. The Morgan fingerprint density at radius 1 is 1.60 bits per heavy atom. The molecule has 1 aromatic rings. The number of anilines is 1. The molecule has 0 heterocycles. The number of halogens is 2. The molecule has 1 N–H and O–H groups in total. The van der Waals surface area contributed by atoms with Gasteiger partial charge in [-0.3, -0.25) is 4.79 Å². The van der Waals surface area contributed by atoms with Crippen LogP contribution in [0.1, 0.15) is 12.8 Å². The SMILES string of the molecule is C=CCCC(=O)Nc1ccc(F)cc1Br. The lowest BCUT2D eigenvalue weighted by atomic mass is 10.2. The van der Waals surface area contributed by atoms with Crippen LogP contribution < -0.4 is 5.32 Å². The topological polar surface area (TPSA) is 29.1 Å². The van der Waals surface area contributed by atoms with Gasteiger partial charge in [-0.25, -0.2) is 4.39 Å². The Kier molecular flexibility index (Phi) is 4.49. The van der Waals surface area contributed by atoms with E-state index in [9.17, 15) is 9.18 Å². The number of carbonyl (C=O) groups excluding carboxylic acids is 1.